The van der Waals surface area contributed by atoms with Crippen molar-refractivity contribution in [2.45, 2.75) is 32.2 Å². The number of nitrogens with zero attached hydrogens (tertiary/aromatic N) is 3. The summed E-state index contributed by atoms with van der Waals surface area (Å²) < 4.78 is 29.9. The van der Waals surface area contributed by atoms with Crippen LogP contribution in [0.3, 0.4) is 0 Å². The van der Waals surface area contributed by atoms with Crippen LogP contribution in [0.25, 0.3) is 22.0 Å². The van der Waals surface area contributed by atoms with E-state index in [9.17, 15) is 8.42 Å². The molecule has 1 fully saturated rings. The first-order chi connectivity index (χ1) is 16.1. The average molecular weight is 463 g/mol. The minimum absolute atomic E-state index is 0.183. The SMILES string of the molecule is O=S(=O)(CCc1ccccc1)N1CCCC(Cn2ccc3cc(-c4cn[nH]c4)ccc32)CC1. The van der Waals surface area contributed by atoms with Gasteiger partial charge in [-0.3, -0.25) is 5.10 Å². The molecule has 0 aliphatic carbocycles. The Bertz CT molecular complexity index is 1300. The zero-order valence-corrected chi connectivity index (χ0v) is 19.5. The molecule has 33 heavy (non-hydrogen) atoms. The summed E-state index contributed by atoms with van der Waals surface area (Å²) in [6, 6.07) is 18.5. The second-order valence-corrected chi connectivity index (χ2v) is 11.1. The lowest BCUT2D eigenvalue weighted by atomic mass is 10.0. The molecule has 4 aromatic rings. The average Bonchev–Trinajstić information content (AvgIpc) is 3.44. The van der Waals surface area contributed by atoms with Crippen LogP contribution in [-0.4, -0.2) is 46.3 Å². The molecule has 1 atom stereocenters. The third-order valence-electron chi connectivity index (χ3n) is 6.75. The van der Waals surface area contributed by atoms with Crippen LogP contribution in [0, 0.1) is 5.92 Å². The molecule has 3 heterocycles. The molecule has 0 bridgehead atoms. The Morgan fingerprint density at radius 3 is 2.70 bits per heavy atom. The van der Waals surface area contributed by atoms with E-state index in [1.165, 1.54) is 10.9 Å². The van der Waals surface area contributed by atoms with E-state index in [4.69, 9.17) is 0 Å². The van der Waals surface area contributed by atoms with Crippen LogP contribution in [0.5, 0.6) is 0 Å². The highest BCUT2D eigenvalue weighted by Gasteiger charge is 2.26. The molecule has 1 N–H and O–H groups in total. The zero-order chi connectivity index (χ0) is 22.7. The Morgan fingerprint density at radius 1 is 1.00 bits per heavy atom. The lowest BCUT2D eigenvalue weighted by molar-refractivity contribution is 0.388. The van der Waals surface area contributed by atoms with E-state index in [1.54, 1.807) is 4.31 Å². The molecule has 0 saturated carbocycles. The van der Waals surface area contributed by atoms with Crippen molar-refractivity contribution in [2.24, 2.45) is 5.92 Å². The Hall–Kier alpha value is -2.90. The molecule has 0 amide bonds. The van der Waals surface area contributed by atoms with E-state index in [0.717, 1.165) is 42.5 Å². The molecule has 172 valence electrons. The summed E-state index contributed by atoms with van der Waals surface area (Å²) in [5.74, 6) is 0.659. The van der Waals surface area contributed by atoms with E-state index in [-0.39, 0.29) is 5.75 Å². The van der Waals surface area contributed by atoms with Crippen LogP contribution in [0.2, 0.25) is 0 Å². The van der Waals surface area contributed by atoms with Crippen LogP contribution in [-0.2, 0) is 23.0 Å². The highest BCUT2D eigenvalue weighted by Crippen LogP contribution is 2.27. The molecule has 1 saturated heterocycles. The van der Waals surface area contributed by atoms with E-state index in [1.807, 2.05) is 42.7 Å². The Kier molecular flexibility index (Phi) is 6.33. The summed E-state index contributed by atoms with van der Waals surface area (Å²) in [5, 5.41) is 8.13. The second kappa shape index (κ2) is 9.53. The van der Waals surface area contributed by atoms with Gasteiger partial charge in [-0.1, -0.05) is 36.4 Å². The highest BCUT2D eigenvalue weighted by molar-refractivity contribution is 7.89. The first-order valence-corrected chi connectivity index (χ1v) is 13.3. The standard InChI is InChI=1S/C26H30N4O2S/c31-33(32,16-12-21-5-2-1-3-6-21)30-13-4-7-22(10-15-30)20-29-14-11-24-17-23(8-9-26(24)29)25-18-27-28-19-25/h1-3,5-6,8-9,11,14,17-19,22H,4,7,10,12-13,15-16,20H2,(H,27,28). The Labute approximate surface area is 195 Å². The van der Waals surface area contributed by atoms with Crippen molar-refractivity contribution in [1.82, 2.24) is 19.1 Å². The lowest BCUT2D eigenvalue weighted by Gasteiger charge is -2.20. The summed E-state index contributed by atoms with van der Waals surface area (Å²) >= 11 is 0. The summed E-state index contributed by atoms with van der Waals surface area (Å²) in [7, 11) is -3.23. The van der Waals surface area contributed by atoms with Gasteiger partial charge in [0.1, 0.15) is 0 Å². The summed E-state index contributed by atoms with van der Waals surface area (Å²) in [5.41, 5.74) is 4.53. The minimum Gasteiger partial charge on any atom is -0.347 e. The van der Waals surface area contributed by atoms with Gasteiger partial charge in [0.2, 0.25) is 10.0 Å². The molecule has 0 radical (unpaired) electrons. The number of fused-ring (bicyclic) bond motifs is 1. The van der Waals surface area contributed by atoms with Crippen molar-refractivity contribution in [2.75, 3.05) is 18.8 Å². The predicted molar refractivity (Wildman–Crippen MR) is 132 cm³/mol. The van der Waals surface area contributed by atoms with Gasteiger partial charge >= 0.3 is 0 Å². The number of rotatable bonds is 7. The van der Waals surface area contributed by atoms with Crippen molar-refractivity contribution < 1.29 is 8.42 Å². The predicted octanol–water partition coefficient (Wildman–Crippen LogP) is 4.71. The van der Waals surface area contributed by atoms with Crippen molar-refractivity contribution in [3.63, 3.8) is 0 Å². The zero-order valence-electron chi connectivity index (χ0n) is 18.7. The number of aryl methyl sites for hydroxylation is 1. The Balaban J connectivity index is 1.22. The van der Waals surface area contributed by atoms with Crippen LogP contribution in [0.15, 0.2) is 73.2 Å². The van der Waals surface area contributed by atoms with E-state index in [2.05, 4.69) is 45.2 Å². The smallest absolute Gasteiger partial charge is 0.214 e. The molecule has 5 rings (SSSR count). The maximum Gasteiger partial charge on any atom is 0.214 e. The number of sulfonamides is 1. The van der Waals surface area contributed by atoms with Gasteiger partial charge < -0.3 is 4.57 Å². The Morgan fingerprint density at radius 2 is 1.88 bits per heavy atom. The van der Waals surface area contributed by atoms with Gasteiger partial charge in [-0.15, -0.1) is 0 Å². The molecule has 6 nitrogen and oxygen atoms in total. The molecule has 2 aromatic carbocycles. The third kappa shape index (κ3) is 5.04. The fourth-order valence-corrected chi connectivity index (χ4v) is 6.39. The maximum atomic E-state index is 13.0. The van der Waals surface area contributed by atoms with Crippen LogP contribution >= 0.6 is 0 Å². The normalized spacial score (nSPS) is 17.9. The van der Waals surface area contributed by atoms with Gasteiger partial charge in [0.15, 0.2) is 0 Å². The number of benzene rings is 2. The third-order valence-corrected chi connectivity index (χ3v) is 8.62. The number of H-pyrrole nitrogens is 1. The fraction of sp³-hybridized carbons (Fsp3) is 0.346. The number of hydrogen-bond acceptors (Lipinski definition) is 3. The van der Waals surface area contributed by atoms with Gasteiger partial charge in [-0.25, -0.2) is 12.7 Å². The van der Waals surface area contributed by atoms with Gasteiger partial charge in [-0.05, 0) is 60.9 Å². The van der Waals surface area contributed by atoms with E-state index < -0.39 is 10.0 Å². The highest BCUT2D eigenvalue weighted by atomic mass is 32.2. The molecule has 0 spiro atoms. The van der Waals surface area contributed by atoms with Crippen molar-refractivity contribution in [1.29, 1.82) is 0 Å². The van der Waals surface area contributed by atoms with Gasteiger partial charge in [0.25, 0.3) is 0 Å². The monoisotopic (exact) mass is 462 g/mol. The van der Waals surface area contributed by atoms with Crippen molar-refractivity contribution in [3.8, 4) is 11.1 Å². The van der Waals surface area contributed by atoms with Crippen LogP contribution in [0.4, 0.5) is 0 Å². The first-order valence-electron chi connectivity index (χ1n) is 11.7. The number of hydrogen-bond donors (Lipinski definition) is 1. The molecule has 2 aromatic heterocycles. The molecular formula is C26H30N4O2S. The van der Waals surface area contributed by atoms with E-state index in [0.29, 0.717) is 25.4 Å². The number of aromatic amines is 1. The second-order valence-electron chi connectivity index (χ2n) is 8.98. The lowest BCUT2D eigenvalue weighted by Crippen LogP contribution is -2.34. The number of aromatic nitrogens is 3. The van der Waals surface area contributed by atoms with Crippen molar-refractivity contribution in [3.05, 3.63) is 78.8 Å². The molecule has 1 unspecified atom stereocenters. The van der Waals surface area contributed by atoms with Crippen LogP contribution < -0.4 is 0 Å². The number of nitrogens with one attached hydrogen (secondary N) is 1. The molecule has 7 heteroatoms. The fourth-order valence-electron chi connectivity index (χ4n) is 4.85. The van der Waals surface area contributed by atoms with E-state index >= 15 is 0 Å². The quantitative estimate of drug-likeness (QED) is 0.433. The maximum absolute atomic E-state index is 13.0. The molecule has 1 aliphatic heterocycles. The van der Waals surface area contributed by atoms with Gasteiger partial charge in [-0.2, -0.15) is 5.10 Å². The summed E-state index contributed by atoms with van der Waals surface area (Å²) in [6.45, 7) is 2.17. The van der Waals surface area contributed by atoms with Gasteiger partial charge in [0, 0.05) is 48.5 Å². The summed E-state index contributed by atoms with van der Waals surface area (Å²) in [4.78, 5) is 0. The van der Waals surface area contributed by atoms with Gasteiger partial charge in [0.05, 0.1) is 11.9 Å². The summed E-state index contributed by atoms with van der Waals surface area (Å²) in [6.07, 6.45) is 9.34. The topological polar surface area (TPSA) is 71.0 Å². The first kappa shape index (κ1) is 21.9. The minimum atomic E-state index is -3.23. The van der Waals surface area contributed by atoms with Crippen LogP contribution in [0.1, 0.15) is 24.8 Å². The largest absolute Gasteiger partial charge is 0.347 e. The van der Waals surface area contributed by atoms with Crippen molar-refractivity contribution >= 4 is 20.9 Å². The molecule has 1 aliphatic rings. The molecular weight excluding hydrogens is 432 g/mol.